The third-order valence-electron chi connectivity index (χ3n) is 5.15. The molecule has 6 nitrogen and oxygen atoms in total. The maximum absolute atomic E-state index is 12.7. The van der Waals surface area contributed by atoms with Gasteiger partial charge in [-0.25, -0.2) is 0 Å². The van der Waals surface area contributed by atoms with Gasteiger partial charge in [-0.3, -0.25) is 9.59 Å². The van der Waals surface area contributed by atoms with Gasteiger partial charge in [-0.05, 0) is 77.9 Å². The SMILES string of the molecule is O=C(/C=C/c1ccc(Br)cc1)Nc1ccc(N=Nc2ccccc2)c(NC(=O)/C=C/c2ccc(Br)cc2)c1. The maximum atomic E-state index is 12.7. The van der Waals surface area contributed by atoms with Gasteiger partial charge < -0.3 is 10.6 Å². The summed E-state index contributed by atoms with van der Waals surface area (Å²) in [7, 11) is 0. The van der Waals surface area contributed by atoms with Crippen LogP contribution in [-0.2, 0) is 9.59 Å². The van der Waals surface area contributed by atoms with Gasteiger partial charge >= 0.3 is 0 Å². The van der Waals surface area contributed by atoms with Gasteiger partial charge in [0.15, 0.2) is 0 Å². The summed E-state index contributed by atoms with van der Waals surface area (Å²) in [6, 6.07) is 29.5. The van der Waals surface area contributed by atoms with E-state index in [2.05, 4.69) is 52.7 Å². The normalized spacial score (nSPS) is 11.3. The summed E-state index contributed by atoms with van der Waals surface area (Å²) in [6.07, 6.45) is 6.32. The molecule has 4 rings (SSSR count). The van der Waals surface area contributed by atoms with Crippen molar-refractivity contribution in [1.82, 2.24) is 0 Å². The molecule has 0 aliphatic rings. The summed E-state index contributed by atoms with van der Waals surface area (Å²) in [5, 5.41) is 14.2. The quantitative estimate of drug-likeness (QED) is 0.151. The molecule has 0 bridgehead atoms. The molecule has 0 unspecified atom stereocenters. The van der Waals surface area contributed by atoms with E-state index in [0.717, 1.165) is 20.1 Å². The summed E-state index contributed by atoms with van der Waals surface area (Å²) in [5.74, 6) is -0.651. The standard InChI is InChI=1S/C30H22Br2N4O2/c31-23-12-6-21(7-13-23)10-18-29(37)33-26-16-17-27(36-35-25-4-2-1-3-5-25)28(20-26)34-30(38)19-11-22-8-14-24(32)15-9-22/h1-20H,(H,33,37)(H,34,38)/b18-10+,19-11+,36-35?. The molecule has 0 atom stereocenters. The van der Waals surface area contributed by atoms with Crippen LogP contribution in [0.25, 0.3) is 12.2 Å². The highest BCUT2D eigenvalue weighted by atomic mass is 79.9. The average molecular weight is 630 g/mol. The smallest absolute Gasteiger partial charge is 0.248 e. The van der Waals surface area contributed by atoms with Crippen LogP contribution in [-0.4, -0.2) is 11.8 Å². The molecule has 4 aromatic carbocycles. The fraction of sp³-hybridized carbons (Fsp3) is 0. The van der Waals surface area contributed by atoms with Crippen molar-refractivity contribution in [2.45, 2.75) is 0 Å². The van der Waals surface area contributed by atoms with Crippen molar-refractivity contribution < 1.29 is 9.59 Å². The second kappa shape index (κ2) is 13.4. The van der Waals surface area contributed by atoms with Crippen molar-refractivity contribution in [3.8, 4) is 0 Å². The number of rotatable bonds is 8. The fourth-order valence-corrected chi connectivity index (χ4v) is 3.79. The number of nitrogens with one attached hydrogen (secondary N) is 2. The molecule has 0 saturated heterocycles. The molecule has 8 heteroatoms. The number of amides is 2. The van der Waals surface area contributed by atoms with Gasteiger partial charge in [-0.2, -0.15) is 5.11 Å². The van der Waals surface area contributed by atoms with E-state index in [1.807, 2.05) is 78.9 Å². The van der Waals surface area contributed by atoms with Crippen molar-refractivity contribution in [3.05, 3.63) is 129 Å². The first-order chi connectivity index (χ1) is 18.4. The zero-order valence-electron chi connectivity index (χ0n) is 20.0. The molecule has 2 N–H and O–H groups in total. The number of hydrogen-bond acceptors (Lipinski definition) is 4. The molecule has 0 spiro atoms. The molecule has 4 aromatic rings. The van der Waals surface area contributed by atoms with Crippen molar-refractivity contribution in [2.24, 2.45) is 10.2 Å². The highest BCUT2D eigenvalue weighted by molar-refractivity contribution is 9.10. The van der Waals surface area contributed by atoms with Crippen LogP contribution in [0.5, 0.6) is 0 Å². The number of carbonyl (C=O) groups is 2. The van der Waals surface area contributed by atoms with E-state index in [4.69, 9.17) is 0 Å². The summed E-state index contributed by atoms with van der Waals surface area (Å²) in [5.41, 5.74) is 3.81. The Balaban J connectivity index is 1.52. The van der Waals surface area contributed by atoms with Gasteiger partial charge in [0.1, 0.15) is 5.69 Å². The number of azo groups is 1. The predicted molar refractivity (Wildman–Crippen MR) is 161 cm³/mol. The average Bonchev–Trinajstić information content (AvgIpc) is 2.92. The molecule has 0 radical (unpaired) electrons. The van der Waals surface area contributed by atoms with Crippen molar-refractivity contribution >= 4 is 78.6 Å². The van der Waals surface area contributed by atoms with Crippen LogP contribution in [0.2, 0.25) is 0 Å². The molecule has 38 heavy (non-hydrogen) atoms. The van der Waals surface area contributed by atoms with Gasteiger partial charge in [0.2, 0.25) is 11.8 Å². The Morgan fingerprint density at radius 2 is 1.18 bits per heavy atom. The Labute approximate surface area is 237 Å². The van der Waals surface area contributed by atoms with Crippen molar-refractivity contribution in [3.63, 3.8) is 0 Å². The lowest BCUT2D eigenvalue weighted by atomic mass is 10.2. The van der Waals surface area contributed by atoms with E-state index < -0.39 is 0 Å². The number of benzene rings is 4. The summed E-state index contributed by atoms with van der Waals surface area (Å²) in [6.45, 7) is 0. The monoisotopic (exact) mass is 628 g/mol. The molecule has 0 aliphatic heterocycles. The van der Waals surface area contributed by atoms with E-state index in [9.17, 15) is 9.59 Å². The highest BCUT2D eigenvalue weighted by Gasteiger charge is 2.08. The van der Waals surface area contributed by atoms with Crippen LogP contribution >= 0.6 is 31.9 Å². The molecule has 0 aromatic heterocycles. The van der Waals surface area contributed by atoms with Crippen LogP contribution in [0, 0.1) is 0 Å². The van der Waals surface area contributed by atoms with Crippen molar-refractivity contribution in [2.75, 3.05) is 10.6 Å². The van der Waals surface area contributed by atoms with Gasteiger partial charge in [0.05, 0.1) is 11.4 Å². The Morgan fingerprint density at radius 1 is 0.632 bits per heavy atom. The van der Waals surface area contributed by atoms with E-state index in [-0.39, 0.29) is 11.8 Å². The number of nitrogens with zero attached hydrogens (tertiary/aromatic N) is 2. The van der Waals surface area contributed by atoms with Crippen molar-refractivity contribution in [1.29, 1.82) is 0 Å². The molecule has 0 heterocycles. The van der Waals surface area contributed by atoms with Crippen LogP contribution in [0.4, 0.5) is 22.7 Å². The minimum absolute atomic E-state index is 0.306. The van der Waals surface area contributed by atoms with Crippen LogP contribution in [0.15, 0.2) is 128 Å². The number of hydrogen-bond donors (Lipinski definition) is 2. The maximum Gasteiger partial charge on any atom is 0.248 e. The largest absolute Gasteiger partial charge is 0.322 e. The number of anilines is 2. The second-order valence-electron chi connectivity index (χ2n) is 8.02. The summed E-state index contributed by atoms with van der Waals surface area (Å²) >= 11 is 6.79. The van der Waals surface area contributed by atoms with Gasteiger partial charge in [-0.1, -0.05) is 74.3 Å². The van der Waals surface area contributed by atoms with Gasteiger partial charge in [0, 0.05) is 26.8 Å². The summed E-state index contributed by atoms with van der Waals surface area (Å²) < 4.78 is 1.92. The third kappa shape index (κ3) is 8.47. The lowest BCUT2D eigenvalue weighted by molar-refractivity contribution is -0.112. The zero-order valence-corrected chi connectivity index (χ0v) is 23.2. The third-order valence-corrected chi connectivity index (χ3v) is 6.20. The second-order valence-corrected chi connectivity index (χ2v) is 9.85. The molecule has 2 amide bonds. The first-order valence-corrected chi connectivity index (χ1v) is 13.1. The van der Waals surface area contributed by atoms with Gasteiger partial charge in [-0.15, -0.1) is 5.11 Å². The molecular weight excluding hydrogens is 608 g/mol. The highest BCUT2D eigenvalue weighted by Crippen LogP contribution is 2.30. The number of carbonyl (C=O) groups excluding carboxylic acids is 2. The van der Waals surface area contributed by atoms with E-state index in [1.54, 1.807) is 30.4 Å². The van der Waals surface area contributed by atoms with E-state index in [0.29, 0.717) is 22.7 Å². The summed E-state index contributed by atoms with van der Waals surface area (Å²) in [4.78, 5) is 25.2. The Morgan fingerprint density at radius 3 is 1.76 bits per heavy atom. The lowest BCUT2D eigenvalue weighted by Gasteiger charge is -2.09. The predicted octanol–water partition coefficient (Wildman–Crippen LogP) is 8.93. The fourth-order valence-electron chi connectivity index (χ4n) is 3.26. The first kappa shape index (κ1) is 26.9. The Kier molecular flexibility index (Phi) is 9.50. The minimum atomic E-state index is -0.345. The Hall–Kier alpha value is -4.14. The topological polar surface area (TPSA) is 82.9 Å². The van der Waals surface area contributed by atoms with Gasteiger partial charge in [0.25, 0.3) is 0 Å². The molecule has 188 valence electrons. The van der Waals surface area contributed by atoms with E-state index >= 15 is 0 Å². The zero-order chi connectivity index (χ0) is 26.7. The molecule has 0 aliphatic carbocycles. The number of halogens is 2. The van der Waals surface area contributed by atoms with Crippen LogP contribution in [0.3, 0.4) is 0 Å². The molecule has 0 fully saturated rings. The van der Waals surface area contributed by atoms with E-state index in [1.165, 1.54) is 12.2 Å². The van der Waals surface area contributed by atoms with Crippen LogP contribution < -0.4 is 10.6 Å². The molecular formula is C30H22Br2N4O2. The minimum Gasteiger partial charge on any atom is -0.322 e. The van der Waals surface area contributed by atoms with Crippen LogP contribution in [0.1, 0.15) is 11.1 Å². The Bertz CT molecular complexity index is 1500. The first-order valence-electron chi connectivity index (χ1n) is 11.5. The molecule has 0 saturated carbocycles. The lowest BCUT2D eigenvalue weighted by Crippen LogP contribution is -2.10.